The molecule has 5 N–H and O–H groups in total. The van der Waals surface area contributed by atoms with Crippen LogP contribution in [0.1, 0.15) is 84.5 Å². The number of ketones is 2. The summed E-state index contributed by atoms with van der Waals surface area (Å²) in [5.74, 6) is -3.39. The Labute approximate surface area is 265 Å². The predicted octanol–water partition coefficient (Wildman–Crippen LogP) is 2.82. The molecule has 1 saturated heterocycles. The van der Waals surface area contributed by atoms with E-state index in [-0.39, 0.29) is 34.9 Å². The minimum absolute atomic E-state index is 0.0700. The molecule has 2 aliphatic carbocycles. The number of likely N-dealkylation sites (tertiary alicyclic amines) is 1. The van der Waals surface area contributed by atoms with Crippen LogP contribution in [-0.2, 0) is 19.2 Å². The van der Waals surface area contributed by atoms with Gasteiger partial charge in [-0.2, -0.15) is 0 Å². The zero-order valence-electron chi connectivity index (χ0n) is 27.5. The number of hydrogen-bond acceptors (Lipinski definition) is 6. The number of urea groups is 1. The van der Waals surface area contributed by atoms with Crippen LogP contribution in [0.3, 0.4) is 0 Å². The van der Waals surface area contributed by atoms with Gasteiger partial charge in [0.1, 0.15) is 18.1 Å². The van der Waals surface area contributed by atoms with Crippen LogP contribution in [0.25, 0.3) is 0 Å². The van der Waals surface area contributed by atoms with E-state index in [0.717, 1.165) is 0 Å². The molecule has 5 amide bonds. The molecule has 4 rings (SSSR count). The molecule has 11 heteroatoms. The largest absolute Gasteiger partial charge is 0.363 e. The minimum Gasteiger partial charge on any atom is -0.363 e. The number of carbonyl (C=O) groups is 6. The van der Waals surface area contributed by atoms with Crippen LogP contribution in [-0.4, -0.2) is 70.9 Å². The van der Waals surface area contributed by atoms with Crippen molar-refractivity contribution in [2.75, 3.05) is 6.54 Å². The van der Waals surface area contributed by atoms with Crippen molar-refractivity contribution in [3.8, 4) is 0 Å². The first kappa shape index (κ1) is 34.1. The summed E-state index contributed by atoms with van der Waals surface area (Å²) >= 11 is 0. The summed E-state index contributed by atoms with van der Waals surface area (Å²) in [6.45, 7) is 13.8. The zero-order valence-corrected chi connectivity index (χ0v) is 27.5. The quantitative estimate of drug-likeness (QED) is 0.195. The third-order valence-corrected chi connectivity index (χ3v) is 10.2. The lowest BCUT2D eigenvalue weighted by molar-refractivity contribution is -0.145. The van der Waals surface area contributed by atoms with Gasteiger partial charge in [-0.15, -0.1) is 0 Å². The fraction of sp³-hybridized carbons (Fsp3) is 0.647. The molecule has 11 nitrogen and oxygen atoms in total. The molecule has 0 aromatic heterocycles. The fourth-order valence-corrected chi connectivity index (χ4v) is 7.10. The Morgan fingerprint density at radius 2 is 1.56 bits per heavy atom. The van der Waals surface area contributed by atoms with Gasteiger partial charge in [0, 0.05) is 12.1 Å². The second-order valence-corrected chi connectivity index (χ2v) is 14.6. The Kier molecular flexibility index (Phi) is 9.80. The van der Waals surface area contributed by atoms with Crippen molar-refractivity contribution >= 4 is 35.3 Å². The van der Waals surface area contributed by atoms with E-state index in [0.29, 0.717) is 37.8 Å². The average molecular weight is 624 g/mol. The molecular formula is C34H49N5O6. The number of rotatable bonds is 13. The molecule has 6 atom stereocenters. The van der Waals surface area contributed by atoms with Gasteiger partial charge in [-0.05, 0) is 47.3 Å². The maximum absolute atomic E-state index is 14.3. The third kappa shape index (κ3) is 7.07. The van der Waals surface area contributed by atoms with Gasteiger partial charge in [-0.25, -0.2) is 4.79 Å². The van der Waals surface area contributed by atoms with Gasteiger partial charge in [0.05, 0.1) is 6.04 Å². The monoisotopic (exact) mass is 623 g/mol. The maximum atomic E-state index is 14.3. The number of Topliss-reactive ketones (excluding diaryl/α,β-unsaturated/α-hetero) is 2. The lowest BCUT2D eigenvalue weighted by Gasteiger charge is -2.38. The second kappa shape index (κ2) is 12.9. The normalized spacial score (nSPS) is 23.7. The molecule has 0 radical (unpaired) electrons. The number of nitrogens with one attached hydrogen (secondary N) is 3. The lowest BCUT2D eigenvalue weighted by atomic mass is 9.85. The second-order valence-electron chi connectivity index (χ2n) is 14.6. The van der Waals surface area contributed by atoms with Gasteiger partial charge in [-0.3, -0.25) is 24.0 Å². The molecule has 1 unspecified atom stereocenters. The standard InChI is InChI=1S/C34H49N5O6/c1-8-18(9-2)23(26(40)20-13-11-10-12-14-20)37-32(45)38-28(33(3,4)5)31(44)39-17-21-22(34(21,6)7)25(39)30(43)36-24(19-15-16-19)27(41)29(35)42/h10-14,18-19,21-25,28H,8-9,15-17H2,1-7H3,(H2,35,42)(H,36,43)(H2,37,38,45)/t21-,22-,23-,24?,25-,28+/m0/s1. The highest BCUT2D eigenvalue weighted by Crippen LogP contribution is 2.65. The van der Waals surface area contributed by atoms with E-state index >= 15 is 0 Å². The van der Waals surface area contributed by atoms with E-state index in [1.807, 2.05) is 54.5 Å². The Hall–Kier alpha value is -3.76. The zero-order chi connectivity index (χ0) is 33.4. The van der Waals surface area contributed by atoms with E-state index < -0.39 is 59.1 Å². The summed E-state index contributed by atoms with van der Waals surface area (Å²) in [5, 5.41) is 8.47. The van der Waals surface area contributed by atoms with Gasteiger partial charge in [-0.1, -0.05) is 91.6 Å². The van der Waals surface area contributed by atoms with Gasteiger partial charge in [0.2, 0.25) is 17.6 Å². The molecule has 1 aromatic rings. The first-order chi connectivity index (χ1) is 21.0. The van der Waals surface area contributed by atoms with Crippen molar-refractivity contribution in [3.63, 3.8) is 0 Å². The molecule has 3 aliphatic rings. The third-order valence-electron chi connectivity index (χ3n) is 10.2. The van der Waals surface area contributed by atoms with Gasteiger partial charge >= 0.3 is 6.03 Å². The molecular weight excluding hydrogens is 574 g/mol. The van der Waals surface area contributed by atoms with Crippen LogP contribution in [0.4, 0.5) is 4.79 Å². The van der Waals surface area contributed by atoms with Crippen LogP contribution < -0.4 is 21.7 Å². The number of carbonyl (C=O) groups excluding carboxylic acids is 6. The number of nitrogens with zero attached hydrogens (tertiary/aromatic N) is 1. The molecule has 246 valence electrons. The highest BCUT2D eigenvalue weighted by molar-refractivity contribution is 6.38. The minimum atomic E-state index is -1.10. The molecule has 1 heterocycles. The van der Waals surface area contributed by atoms with Crippen LogP contribution in [0.15, 0.2) is 30.3 Å². The molecule has 3 fully saturated rings. The highest BCUT2D eigenvalue weighted by atomic mass is 16.2. The average Bonchev–Trinajstić information content (AvgIpc) is 3.86. The van der Waals surface area contributed by atoms with Gasteiger partial charge in [0.25, 0.3) is 5.91 Å². The smallest absolute Gasteiger partial charge is 0.316 e. The van der Waals surface area contributed by atoms with Crippen molar-refractivity contribution in [2.24, 2.45) is 40.2 Å². The number of benzene rings is 1. The SMILES string of the molecule is CCC(CC)[C@H](NC(=O)N[C@H](C(=O)N1C[C@H]2[C@@H]([C@H]1C(=O)NC(C(=O)C(N)=O)C1CC1)C2(C)C)C(C)(C)C)C(=O)c1ccccc1. The van der Waals surface area contributed by atoms with Crippen molar-refractivity contribution in [1.82, 2.24) is 20.9 Å². The number of amides is 5. The van der Waals surface area contributed by atoms with Gasteiger partial charge < -0.3 is 26.6 Å². The molecule has 2 saturated carbocycles. The molecule has 0 bridgehead atoms. The van der Waals surface area contributed by atoms with Crippen molar-refractivity contribution in [1.29, 1.82) is 0 Å². The molecule has 0 spiro atoms. The summed E-state index contributed by atoms with van der Waals surface area (Å²) < 4.78 is 0. The molecule has 1 aromatic carbocycles. The summed E-state index contributed by atoms with van der Waals surface area (Å²) in [5.41, 5.74) is 4.83. The number of hydrogen-bond donors (Lipinski definition) is 4. The summed E-state index contributed by atoms with van der Waals surface area (Å²) in [6, 6.07) is 4.47. The Morgan fingerprint density at radius 3 is 2.07 bits per heavy atom. The van der Waals surface area contributed by atoms with Crippen molar-refractivity contribution in [2.45, 2.75) is 98.3 Å². The lowest BCUT2D eigenvalue weighted by Crippen LogP contribution is -2.62. The van der Waals surface area contributed by atoms with Crippen LogP contribution >= 0.6 is 0 Å². The topological polar surface area (TPSA) is 168 Å². The van der Waals surface area contributed by atoms with Crippen LogP contribution in [0.5, 0.6) is 0 Å². The first-order valence-corrected chi connectivity index (χ1v) is 16.1. The maximum Gasteiger partial charge on any atom is 0.316 e. The van der Waals surface area contributed by atoms with Gasteiger partial charge in [0.15, 0.2) is 5.78 Å². The van der Waals surface area contributed by atoms with E-state index in [9.17, 15) is 28.8 Å². The highest BCUT2D eigenvalue weighted by Gasteiger charge is 2.70. The number of primary amides is 1. The van der Waals surface area contributed by atoms with E-state index in [1.54, 1.807) is 24.3 Å². The van der Waals surface area contributed by atoms with Crippen molar-refractivity contribution in [3.05, 3.63) is 35.9 Å². The van der Waals surface area contributed by atoms with Crippen LogP contribution in [0, 0.1) is 34.5 Å². The van der Waals surface area contributed by atoms with Crippen LogP contribution in [0.2, 0.25) is 0 Å². The number of fused-ring (bicyclic) bond motifs is 1. The summed E-state index contributed by atoms with van der Waals surface area (Å²) in [4.78, 5) is 80.9. The fourth-order valence-electron chi connectivity index (χ4n) is 7.10. The molecule has 1 aliphatic heterocycles. The van der Waals surface area contributed by atoms with E-state index in [4.69, 9.17) is 5.73 Å². The van der Waals surface area contributed by atoms with E-state index in [2.05, 4.69) is 16.0 Å². The Bertz CT molecular complexity index is 1330. The van der Waals surface area contributed by atoms with Crippen molar-refractivity contribution < 1.29 is 28.8 Å². The predicted molar refractivity (Wildman–Crippen MR) is 169 cm³/mol. The number of piperidine rings is 1. The van der Waals surface area contributed by atoms with E-state index in [1.165, 1.54) is 4.90 Å². The summed E-state index contributed by atoms with van der Waals surface area (Å²) in [7, 11) is 0. The Balaban J connectivity index is 1.55. The number of nitrogens with two attached hydrogens (primary N) is 1. The first-order valence-electron chi connectivity index (χ1n) is 16.1. The summed E-state index contributed by atoms with van der Waals surface area (Å²) in [6.07, 6.45) is 2.74. The molecule has 45 heavy (non-hydrogen) atoms. The Morgan fingerprint density at radius 1 is 0.956 bits per heavy atom.